The molecule has 0 spiro atoms. The lowest BCUT2D eigenvalue weighted by molar-refractivity contribution is -0.120. The van der Waals surface area contributed by atoms with E-state index in [0.717, 1.165) is 52.4 Å². The van der Waals surface area contributed by atoms with E-state index in [1.807, 2.05) is 0 Å². The first-order chi connectivity index (χ1) is 17.7. The topological polar surface area (TPSA) is 161 Å². The van der Waals surface area contributed by atoms with E-state index in [4.69, 9.17) is 4.18 Å². The molecule has 3 rings (SSSR count). The van der Waals surface area contributed by atoms with E-state index in [-0.39, 0.29) is 33.8 Å². The minimum absolute atomic E-state index is 0.0790. The van der Waals surface area contributed by atoms with E-state index < -0.39 is 28.3 Å². The summed E-state index contributed by atoms with van der Waals surface area (Å²) in [4.78, 5) is 40.4. The number of para-hydroxylation sites is 1. The highest BCUT2D eigenvalue weighted by atomic mass is 32.2. The van der Waals surface area contributed by atoms with Gasteiger partial charge in [-0.2, -0.15) is 8.42 Å². The van der Waals surface area contributed by atoms with Crippen LogP contribution in [0.1, 0.15) is 32.1 Å². The lowest BCUT2D eigenvalue weighted by Crippen LogP contribution is -2.43. The van der Waals surface area contributed by atoms with Gasteiger partial charge in [0, 0.05) is 5.92 Å². The number of guanidine groups is 1. The minimum atomic E-state index is -4.30. The van der Waals surface area contributed by atoms with E-state index >= 15 is 0 Å². The highest BCUT2D eigenvalue weighted by molar-refractivity contribution is 7.87. The molecule has 2 aromatic rings. The fraction of sp³-hybridized carbons (Fsp3) is 0.333. The van der Waals surface area contributed by atoms with Crippen LogP contribution in [0.2, 0.25) is 0 Å². The number of anilines is 1. The van der Waals surface area contributed by atoms with Crippen LogP contribution in [0.5, 0.6) is 5.75 Å². The van der Waals surface area contributed by atoms with E-state index in [1.165, 1.54) is 24.3 Å². The van der Waals surface area contributed by atoms with Gasteiger partial charge in [0.2, 0.25) is 11.9 Å². The van der Waals surface area contributed by atoms with E-state index in [0.29, 0.717) is 0 Å². The van der Waals surface area contributed by atoms with Gasteiger partial charge in [0.25, 0.3) is 0 Å². The first-order valence-corrected chi connectivity index (χ1v) is 12.9. The standard InChI is InChI=1S/C24H28N4O8S/c1-34-23(30)27-22(28-24(31)35-2)26-20-15-18(37(32,33)36-17-11-7-4-8-12-17)13-14-19(20)25-21(29)16-9-5-3-6-10-16/h4,7-8,11-16H,3,5-6,9-10H2,1-2H3,(H,25,29)(H2,26,27,28,30,31). The van der Waals surface area contributed by atoms with Crippen molar-refractivity contribution in [1.82, 2.24) is 10.6 Å². The SMILES string of the molecule is COC(=O)NC(=Nc1cc(S(=O)(=O)Oc2ccccc2)ccc1NC(=O)C1CCCCC1)NC(=O)OC. The van der Waals surface area contributed by atoms with Crippen LogP contribution in [0.3, 0.4) is 0 Å². The summed E-state index contributed by atoms with van der Waals surface area (Å²) in [5.41, 5.74) is 0.0785. The molecule has 1 fully saturated rings. The first kappa shape index (κ1) is 27.5. The van der Waals surface area contributed by atoms with Crippen molar-refractivity contribution >= 4 is 45.5 Å². The molecule has 0 bridgehead atoms. The Balaban J connectivity index is 2.02. The van der Waals surface area contributed by atoms with Gasteiger partial charge >= 0.3 is 22.3 Å². The maximum absolute atomic E-state index is 12.9. The Hall–Kier alpha value is -4.13. The molecule has 0 saturated heterocycles. The van der Waals surface area contributed by atoms with Crippen molar-refractivity contribution in [3.05, 3.63) is 48.5 Å². The zero-order valence-corrected chi connectivity index (χ0v) is 21.2. The van der Waals surface area contributed by atoms with Gasteiger partial charge in [0.15, 0.2) is 0 Å². The molecular formula is C24H28N4O8S. The number of nitrogens with one attached hydrogen (secondary N) is 3. The molecule has 1 aliphatic rings. The van der Waals surface area contributed by atoms with Crippen LogP contribution in [-0.4, -0.2) is 46.7 Å². The van der Waals surface area contributed by atoms with Crippen molar-refractivity contribution in [3.63, 3.8) is 0 Å². The molecule has 13 heteroatoms. The zero-order valence-electron chi connectivity index (χ0n) is 20.4. The van der Waals surface area contributed by atoms with E-state index in [1.54, 1.807) is 18.2 Å². The molecule has 1 aliphatic carbocycles. The maximum atomic E-state index is 12.9. The van der Waals surface area contributed by atoms with Crippen LogP contribution in [0, 0.1) is 5.92 Å². The lowest BCUT2D eigenvalue weighted by atomic mass is 9.88. The highest BCUT2D eigenvalue weighted by Gasteiger charge is 2.24. The normalized spacial score (nSPS) is 13.6. The molecule has 0 aliphatic heterocycles. The van der Waals surface area contributed by atoms with E-state index in [9.17, 15) is 22.8 Å². The second-order valence-electron chi connectivity index (χ2n) is 8.05. The van der Waals surface area contributed by atoms with Crippen molar-refractivity contribution < 1.29 is 36.5 Å². The molecule has 0 radical (unpaired) electrons. The van der Waals surface area contributed by atoms with Crippen molar-refractivity contribution in [2.45, 2.75) is 37.0 Å². The fourth-order valence-electron chi connectivity index (χ4n) is 3.62. The molecule has 0 atom stereocenters. The zero-order chi connectivity index (χ0) is 26.8. The number of nitrogens with zero attached hydrogens (tertiary/aromatic N) is 1. The second kappa shape index (κ2) is 12.7. The quantitative estimate of drug-likeness (QED) is 0.288. The number of amides is 3. The third kappa shape index (κ3) is 7.93. The average Bonchev–Trinajstić information content (AvgIpc) is 2.90. The van der Waals surface area contributed by atoms with Crippen LogP contribution in [0.25, 0.3) is 0 Å². The summed E-state index contributed by atoms with van der Waals surface area (Å²) in [6, 6.07) is 11.7. The van der Waals surface area contributed by atoms with Gasteiger partial charge in [-0.3, -0.25) is 15.4 Å². The number of hydrogen-bond acceptors (Lipinski definition) is 9. The molecule has 0 heterocycles. The average molecular weight is 533 g/mol. The summed E-state index contributed by atoms with van der Waals surface area (Å²) >= 11 is 0. The number of methoxy groups -OCH3 is 2. The van der Waals surface area contributed by atoms with Gasteiger partial charge in [0.1, 0.15) is 10.6 Å². The minimum Gasteiger partial charge on any atom is -0.453 e. The number of carbonyl (C=O) groups excluding carboxylic acids is 3. The van der Waals surface area contributed by atoms with Crippen LogP contribution in [0.15, 0.2) is 58.4 Å². The molecule has 3 N–H and O–H groups in total. The van der Waals surface area contributed by atoms with Crippen molar-refractivity contribution in [2.75, 3.05) is 19.5 Å². The van der Waals surface area contributed by atoms with Crippen LogP contribution in [0.4, 0.5) is 21.0 Å². The highest BCUT2D eigenvalue weighted by Crippen LogP contribution is 2.32. The molecule has 37 heavy (non-hydrogen) atoms. The molecule has 3 amide bonds. The third-order valence-corrected chi connectivity index (χ3v) is 6.73. The Morgan fingerprint density at radius 2 is 1.51 bits per heavy atom. The number of rotatable bonds is 6. The summed E-state index contributed by atoms with van der Waals surface area (Å²) in [5, 5.41) is 7.19. The lowest BCUT2D eigenvalue weighted by Gasteiger charge is -2.21. The Bertz CT molecular complexity index is 1240. The summed E-state index contributed by atoms with van der Waals surface area (Å²) < 4.78 is 40.1. The maximum Gasteiger partial charge on any atom is 0.413 e. The van der Waals surface area contributed by atoms with Crippen molar-refractivity contribution in [3.8, 4) is 5.75 Å². The smallest absolute Gasteiger partial charge is 0.413 e. The second-order valence-corrected chi connectivity index (χ2v) is 9.59. The van der Waals surface area contributed by atoms with Gasteiger partial charge in [-0.25, -0.2) is 14.6 Å². The third-order valence-electron chi connectivity index (χ3n) is 5.48. The predicted molar refractivity (Wildman–Crippen MR) is 134 cm³/mol. The van der Waals surface area contributed by atoms with Crippen LogP contribution in [-0.2, 0) is 24.4 Å². The first-order valence-electron chi connectivity index (χ1n) is 11.4. The monoisotopic (exact) mass is 532 g/mol. The molecular weight excluding hydrogens is 504 g/mol. The molecule has 198 valence electrons. The number of carbonyl (C=O) groups is 3. The summed E-state index contributed by atoms with van der Waals surface area (Å²) in [6.07, 6.45) is 2.50. The molecule has 2 aromatic carbocycles. The van der Waals surface area contributed by atoms with Crippen LogP contribution < -0.4 is 20.1 Å². The summed E-state index contributed by atoms with van der Waals surface area (Å²) in [6.45, 7) is 0. The van der Waals surface area contributed by atoms with Gasteiger partial charge in [-0.15, -0.1) is 0 Å². The van der Waals surface area contributed by atoms with Gasteiger partial charge in [-0.05, 0) is 43.2 Å². The molecule has 1 saturated carbocycles. The summed E-state index contributed by atoms with van der Waals surface area (Å²) in [7, 11) is -2.09. The van der Waals surface area contributed by atoms with Gasteiger partial charge in [0.05, 0.1) is 25.6 Å². The van der Waals surface area contributed by atoms with Gasteiger partial charge in [-0.1, -0.05) is 37.5 Å². The molecule has 0 aromatic heterocycles. The molecule has 12 nitrogen and oxygen atoms in total. The van der Waals surface area contributed by atoms with Crippen LogP contribution >= 0.6 is 0 Å². The fourth-order valence-corrected chi connectivity index (χ4v) is 4.57. The van der Waals surface area contributed by atoms with Gasteiger partial charge < -0.3 is 19.0 Å². The number of aliphatic imine (C=N–C) groups is 1. The van der Waals surface area contributed by atoms with Crippen molar-refractivity contribution in [2.24, 2.45) is 10.9 Å². The number of benzene rings is 2. The summed E-state index contributed by atoms with van der Waals surface area (Å²) in [5.74, 6) is -0.764. The predicted octanol–water partition coefficient (Wildman–Crippen LogP) is 3.67. The number of alkyl carbamates (subject to hydrolysis) is 2. The van der Waals surface area contributed by atoms with E-state index in [2.05, 4.69) is 30.4 Å². The largest absolute Gasteiger partial charge is 0.453 e. The Labute approximate surface area is 214 Å². The number of ether oxygens (including phenoxy) is 2. The Kier molecular flexibility index (Phi) is 9.44. The Morgan fingerprint density at radius 3 is 2.11 bits per heavy atom. The molecule has 0 unspecified atom stereocenters. The Morgan fingerprint density at radius 1 is 0.892 bits per heavy atom. The number of hydrogen-bond donors (Lipinski definition) is 3. The van der Waals surface area contributed by atoms with Crippen molar-refractivity contribution in [1.29, 1.82) is 0 Å².